The topological polar surface area (TPSA) is 53.6 Å². The third-order valence-electron chi connectivity index (χ3n) is 2.69. The Balaban J connectivity index is 2.46. The molecule has 1 fully saturated rings. The van der Waals surface area contributed by atoms with Gasteiger partial charge in [-0.15, -0.1) is 0 Å². The maximum atomic E-state index is 5.45. The molecular weight excluding hydrogens is 176 g/mol. The summed E-state index contributed by atoms with van der Waals surface area (Å²) in [6, 6.07) is 0.636. The van der Waals surface area contributed by atoms with Crippen LogP contribution in [0.5, 0.6) is 0 Å². The fourth-order valence-corrected chi connectivity index (χ4v) is 1.47. The molecule has 1 rings (SSSR count). The second-order valence-electron chi connectivity index (χ2n) is 4.40. The van der Waals surface area contributed by atoms with Crippen LogP contribution >= 0.6 is 0 Å². The Hall–Kier alpha value is -0.770. The minimum atomic E-state index is 0.577. The third kappa shape index (κ3) is 2.87. The lowest BCUT2D eigenvalue weighted by Crippen LogP contribution is -2.49. The molecule has 0 aliphatic heterocycles. The van der Waals surface area contributed by atoms with Gasteiger partial charge in [0.25, 0.3) is 0 Å². The first-order valence-corrected chi connectivity index (χ1v) is 5.39. The molecule has 1 saturated carbocycles. The molecular formula is C10H22N4. The number of hydrogen-bond donors (Lipinski definition) is 2. The zero-order valence-electron chi connectivity index (χ0n) is 9.45. The van der Waals surface area contributed by atoms with E-state index < -0.39 is 0 Å². The van der Waals surface area contributed by atoms with Crippen molar-refractivity contribution in [3.8, 4) is 0 Å². The number of guanidine groups is 1. The van der Waals surface area contributed by atoms with Gasteiger partial charge in [0.15, 0.2) is 0 Å². The smallest absolute Gasteiger partial charge is 0.208 e. The van der Waals surface area contributed by atoms with Crippen molar-refractivity contribution < 1.29 is 0 Å². The highest BCUT2D eigenvalue weighted by molar-refractivity contribution is 5.79. The Morgan fingerprint density at radius 3 is 2.57 bits per heavy atom. The van der Waals surface area contributed by atoms with Gasteiger partial charge in [0, 0.05) is 19.6 Å². The molecule has 3 N–H and O–H groups in total. The van der Waals surface area contributed by atoms with Gasteiger partial charge in [-0.2, -0.15) is 0 Å². The summed E-state index contributed by atoms with van der Waals surface area (Å²) in [5.41, 5.74) is 2.68. The average molecular weight is 198 g/mol. The first-order valence-electron chi connectivity index (χ1n) is 5.39. The molecule has 82 valence electrons. The van der Waals surface area contributed by atoms with Crippen molar-refractivity contribution in [3.05, 3.63) is 0 Å². The van der Waals surface area contributed by atoms with Crippen molar-refractivity contribution in [3.63, 3.8) is 0 Å². The Kier molecular flexibility index (Phi) is 4.20. The number of nitrogens with zero attached hydrogens (tertiary/aromatic N) is 2. The van der Waals surface area contributed by atoms with E-state index in [1.165, 1.54) is 19.3 Å². The van der Waals surface area contributed by atoms with Crippen LogP contribution in [0.2, 0.25) is 0 Å². The molecule has 1 aliphatic carbocycles. The standard InChI is InChI=1S/C10H22N4/c1-8(2)7-12-10(13-11)14(3)9-5-4-6-9/h8-9H,4-7,11H2,1-3H3,(H,12,13). The van der Waals surface area contributed by atoms with Crippen molar-refractivity contribution in [1.82, 2.24) is 10.3 Å². The van der Waals surface area contributed by atoms with Crippen molar-refractivity contribution in [2.45, 2.75) is 39.2 Å². The molecule has 0 unspecified atom stereocenters. The molecule has 0 saturated heterocycles. The second kappa shape index (κ2) is 5.20. The summed E-state index contributed by atoms with van der Waals surface area (Å²) in [6.07, 6.45) is 3.86. The van der Waals surface area contributed by atoms with Crippen LogP contribution in [-0.4, -0.2) is 30.5 Å². The van der Waals surface area contributed by atoms with Crippen LogP contribution in [0.3, 0.4) is 0 Å². The summed E-state index contributed by atoms with van der Waals surface area (Å²) in [5, 5.41) is 0. The Labute approximate surface area is 86.5 Å². The van der Waals surface area contributed by atoms with Gasteiger partial charge in [-0.25, -0.2) is 5.84 Å². The lowest BCUT2D eigenvalue weighted by molar-refractivity contribution is 0.234. The summed E-state index contributed by atoms with van der Waals surface area (Å²) in [6.45, 7) is 5.14. The third-order valence-corrected chi connectivity index (χ3v) is 2.69. The number of nitrogens with two attached hydrogens (primary N) is 1. The van der Waals surface area contributed by atoms with Crippen LogP contribution in [0.15, 0.2) is 4.99 Å². The van der Waals surface area contributed by atoms with Gasteiger partial charge in [-0.05, 0) is 25.2 Å². The molecule has 0 heterocycles. The summed E-state index contributed by atoms with van der Waals surface area (Å²) >= 11 is 0. The molecule has 0 aromatic heterocycles. The van der Waals surface area contributed by atoms with Gasteiger partial charge < -0.3 is 4.90 Å². The minimum absolute atomic E-state index is 0.577. The van der Waals surface area contributed by atoms with Crippen molar-refractivity contribution in [2.75, 3.05) is 13.6 Å². The van der Waals surface area contributed by atoms with Crippen molar-refractivity contribution in [1.29, 1.82) is 0 Å². The number of hydrazine groups is 1. The van der Waals surface area contributed by atoms with Crippen LogP contribution in [-0.2, 0) is 0 Å². The van der Waals surface area contributed by atoms with Crippen molar-refractivity contribution in [2.24, 2.45) is 16.8 Å². The van der Waals surface area contributed by atoms with Gasteiger partial charge in [0.2, 0.25) is 5.96 Å². The van der Waals surface area contributed by atoms with Crippen LogP contribution < -0.4 is 11.3 Å². The quantitative estimate of drug-likeness (QED) is 0.307. The summed E-state index contributed by atoms with van der Waals surface area (Å²) in [5.74, 6) is 6.85. The molecule has 0 amide bonds. The fraction of sp³-hybridized carbons (Fsp3) is 0.900. The van der Waals surface area contributed by atoms with Crippen LogP contribution in [0.25, 0.3) is 0 Å². The van der Waals surface area contributed by atoms with E-state index in [0.29, 0.717) is 12.0 Å². The zero-order chi connectivity index (χ0) is 10.6. The maximum absolute atomic E-state index is 5.45. The lowest BCUT2D eigenvalue weighted by Gasteiger charge is -2.36. The zero-order valence-corrected chi connectivity index (χ0v) is 9.45. The predicted octanol–water partition coefficient (Wildman–Crippen LogP) is 0.946. The highest BCUT2D eigenvalue weighted by atomic mass is 15.4. The SMILES string of the molecule is CC(C)CN=C(NN)N(C)C1CCC1. The first-order chi connectivity index (χ1) is 6.65. The van der Waals surface area contributed by atoms with Crippen molar-refractivity contribution >= 4 is 5.96 Å². The Bertz CT molecular complexity index is 196. The Morgan fingerprint density at radius 1 is 1.57 bits per heavy atom. The summed E-state index contributed by atoms with van der Waals surface area (Å²) < 4.78 is 0. The van der Waals surface area contributed by atoms with E-state index in [0.717, 1.165) is 12.5 Å². The monoisotopic (exact) mass is 198 g/mol. The largest absolute Gasteiger partial charge is 0.342 e. The van der Waals surface area contributed by atoms with Crippen LogP contribution in [0, 0.1) is 5.92 Å². The van der Waals surface area contributed by atoms with E-state index in [4.69, 9.17) is 5.84 Å². The number of nitrogens with one attached hydrogen (secondary N) is 1. The van der Waals surface area contributed by atoms with E-state index in [1.54, 1.807) is 0 Å². The number of aliphatic imine (C=N–C) groups is 1. The van der Waals surface area contributed by atoms with Crippen LogP contribution in [0.4, 0.5) is 0 Å². The van der Waals surface area contributed by atoms with Gasteiger partial charge >= 0.3 is 0 Å². The highest BCUT2D eigenvalue weighted by Crippen LogP contribution is 2.23. The number of rotatable bonds is 3. The van der Waals surface area contributed by atoms with E-state index in [9.17, 15) is 0 Å². The minimum Gasteiger partial charge on any atom is -0.342 e. The molecule has 0 spiro atoms. The summed E-state index contributed by atoms with van der Waals surface area (Å²) in [7, 11) is 2.06. The van der Waals surface area contributed by atoms with E-state index in [2.05, 4.69) is 36.2 Å². The summed E-state index contributed by atoms with van der Waals surface area (Å²) in [4.78, 5) is 6.61. The molecule has 0 aromatic rings. The fourth-order valence-electron chi connectivity index (χ4n) is 1.47. The molecule has 0 radical (unpaired) electrons. The van der Waals surface area contributed by atoms with Gasteiger partial charge in [0.1, 0.15) is 0 Å². The van der Waals surface area contributed by atoms with Gasteiger partial charge in [0.05, 0.1) is 0 Å². The number of hydrogen-bond acceptors (Lipinski definition) is 2. The molecule has 4 nitrogen and oxygen atoms in total. The molecule has 1 aliphatic rings. The van der Waals surface area contributed by atoms with Crippen LogP contribution in [0.1, 0.15) is 33.1 Å². The lowest BCUT2D eigenvalue weighted by atomic mass is 9.92. The molecule has 0 bridgehead atoms. The van der Waals surface area contributed by atoms with Gasteiger partial charge in [-0.3, -0.25) is 10.4 Å². The maximum Gasteiger partial charge on any atom is 0.208 e. The molecule has 4 heteroatoms. The van der Waals surface area contributed by atoms with Gasteiger partial charge in [-0.1, -0.05) is 13.8 Å². The average Bonchev–Trinajstić information content (AvgIpc) is 2.01. The van der Waals surface area contributed by atoms with E-state index in [1.807, 2.05) is 0 Å². The van der Waals surface area contributed by atoms with E-state index >= 15 is 0 Å². The van der Waals surface area contributed by atoms with E-state index in [-0.39, 0.29) is 0 Å². The molecule has 0 atom stereocenters. The predicted molar refractivity (Wildman–Crippen MR) is 59.9 cm³/mol. The second-order valence-corrected chi connectivity index (χ2v) is 4.40. The normalized spacial score (nSPS) is 18.2. The Morgan fingerprint density at radius 2 is 2.21 bits per heavy atom. The molecule has 0 aromatic carbocycles. The molecule has 14 heavy (non-hydrogen) atoms. The first kappa shape index (κ1) is 11.3. The highest BCUT2D eigenvalue weighted by Gasteiger charge is 2.23.